The highest BCUT2D eigenvalue weighted by atomic mass is 16.5. The van der Waals surface area contributed by atoms with E-state index in [1.54, 1.807) is 0 Å². The molecule has 0 aromatic carbocycles. The average Bonchev–Trinajstić information content (AvgIpc) is 2.71. The molecule has 0 spiro atoms. The lowest BCUT2D eigenvalue weighted by Gasteiger charge is -2.26. The van der Waals surface area contributed by atoms with Gasteiger partial charge in [-0.1, -0.05) is 0 Å². The Labute approximate surface area is 97.9 Å². The fourth-order valence-corrected chi connectivity index (χ4v) is 1.90. The van der Waals surface area contributed by atoms with Crippen LogP contribution in [0.3, 0.4) is 0 Å². The molecule has 0 radical (unpaired) electrons. The molecule has 1 aromatic rings. The summed E-state index contributed by atoms with van der Waals surface area (Å²) in [6.45, 7) is 0.950. The number of amides is 1. The van der Waals surface area contributed by atoms with Gasteiger partial charge in [-0.25, -0.2) is 0 Å². The molecule has 1 fully saturated rings. The molecular formula is C10H13N5O2. The summed E-state index contributed by atoms with van der Waals surface area (Å²) in [5.41, 5.74) is 10.9. The van der Waals surface area contributed by atoms with E-state index in [-0.39, 0.29) is 23.3 Å². The normalized spacial score (nSPS) is 24.2. The molecule has 2 heterocycles. The number of ether oxygens (including phenoxy) is 1. The second-order valence-corrected chi connectivity index (χ2v) is 3.94. The van der Waals surface area contributed by atoms with Gasteiger partial charge in [0.2, 0.25) is 0 Å². The van der Waals surface area contributed by atoms with Crippen molar-refractivity contribution in [2.24, 2.45) is 11.7 Å². The number of nitriles is 1. The molecular weight excluding hydrogens is 222 g/mol. The molecule has 2 rings (SSSR count). The number of nitrogens with two attached hydrogens (primary N) is 2. The van der Waals surface area contributed by atoms with E-state index in [1.807, 2.05) is 0 Å². The van der Waals surface area contributed by atoms with E-state index < -0.39 is 5.91 Å². The largest absolute Gasteiger partial charge is 0.382 e. The van der Waals surface area contributed by atoms with E-state index in [0.29, 0.717) is 19.6 Å². The van der Waals surface area contributed by atoms with Crippen molar-refractivity contribution in [2.75, 3.05) is 18.9 Å². The minimum absolute atomic E-state index is 0.0831. The van der Waals surface area contributed by atoms with Gasteiger partial charge in [0.1, 0.15) is 5.56 Å². The molecule has 1 amide bonds. The summed E-state index contributed by atoms with van der Waals surface area (Å²) in [4.78, 5) is 11.1. The van der Waals surface area contributed by atoms with Crippen molar-refractivity contribution in [1.82, 2.24) is 9.78 Å². The molecule has 0 bridgehead atoms. The maximum atomic E-state index is 11.1. The summed E-state index contributed by atoms with van der Waals surface area (Å²) in [6.07, 6.45) is 2.12. The Hall–Kier alpha value is -2.07. The highest BCUT2D eigenvalue weighted by molar-refractivity contribution is 5.96. The predicted octanol–water partition coefficient (Wildman–Crippen LogP) is -0.335. The van der Waals surface area contributed by atoms with Crippen LogP contribution in [0.25, 0.3) is 0 Å². The molecule has 1 aliphatic rings. The lowest BCUT2D eigenvalue weighted by atomic mass is 9.97. The van der Waals surface area contributed by atoms with Crippen LogP contribution in [-0.2, 0) is 4.74 Å². The van der Waals surface area contributed by atoms with Crippen molar-refractivity contribution in [3.05, 3.63) is 11.8 Å². The van der Waals surface area contributed by atoms with Gasteiger partial charge in [0.15, 0.2) is 5.82 Å². The van der Waals surface area contributed by atoms with E-state index in [4.69, 9.17) is 21.5 Å². The van der Waals surface area contributed by atoms with Crippen LogP contribution in [0.5, 0.6) is 0 Å². The zero-order valence-electron chi connectivity index (χ0n) is 9.17. The van der Waals surface area contributed by atoms with Crippen LogP contribution in [0, 0.1) is 17.2 Å². The quantitative estimate of drug-likeness (QED) is 0.726. The Morgan fingerprint density at radius 3 is 3.06 bits per heavy atom. The number of rotatable bonds is 2. The van der Waals surface area contributed by atoms with Gasteiger partial charge < -0.3 is 16.2 Å². The second-order valence-electron chi connectivity index (χ2n) is 3.94. The maximum Gasteiger partial charge on any atom is 0.254 e. The Kier molecular flexibility index (Phi) is 2.97. The minimum atomic E-state index is -0.626. The second kappa shape index (κ2) is 4.43. The summed E-state index contributed by atoms with van der Waals surface area (Å²) in [5.74, 6) is -0.734. The molecule has 0 aliphatic carbocycles. The predicted molar refractivity (Wildman–Crippen MR) is 58.7 cm³/mol. The van der Waals surface area contributed by atoms with Crippen LogP contribution in [0.1, 0.15) is 22.8 Å². The molecule has 7 heteroatoms. The Morgan fingerprint density at radius 1 is 1.71 bits per heavy atom. The number of nitrogen functional groups attached to an aromatic ring is 1. The molecule has 90 valence electrons. The third-order valence-corrected chi connectivity index (χ3v) is 2.86. The fraction of sp³-hybridized carbons (Fsp3) is 0.500. The van der Waals surface area contributed by atoms with Crippen molar-refractivity contribution in [3.63, 3.8) is 0 Å². The van der Waals surface area contributed by atoms with Crippen molar-refractivity contribution in [2.45, 2.75) is 12.5 Å². The first-order valence-corrected chi connectivity index (χ1v) is 5.25. The van der Waals surface area contributed by atoms with Crippen LogP contribution >= 0.6 is 0 Å². The highest BCUT2D eigenvalue weighted by Crippen LogP contribution is 2.26. The topological polar surface area (TPSA) is 120 Å². The zero-order valence-corrected chi connectivity index (χ0v) is 9.17. The van der Waals surface area contributed by atoms with Crippen molar-refractivity contribution in [3.8, 4) is 6.07 Å². The number of hydrogen-bond donors (Lipinski definition) is 2. The summed E-state index contributed by atoms with van der Waals surface area (Å²) < 4.78 is 6.81. The van der Waals surface area contributed by atoms with Crippen LogP contribution in [0.15, 0.2) is 6.20 Å². The average molecular weight is 235 g/mol. The fourth-order valence-electron chi connectivity index (χ4n) is 1.90. The summed E-state index contributed by atoms with van der Waals surface area (Å²) in [5, 5.41) is 13.1. The Balaban J connectivity index is 2.30. The third kappa shape index (κ3) is 2.07. The van der Waals surface area contributed by atoms with Gasteiger partial charge in [-0.3, -0.25) is 9.48 Å². The number of carbonyl (C=O) groups is 1. The molecule has 0 saturated carbocycles. The Morgan fingerprint density at radius 2 is 2.47 bits per heavy atom. The first-order chi connectivity index (χ1) is 8.13. The van der Waals surface area contributed by atoms with Crippen molar-refractivity contribution >= 4 is 11.7 Å². The molecule has 7 nitrogen and oxygen atoms in total. The lowest BCUT2D eigenvalue weighted by Crippen LogP contribution is -2.29. The number of primary amides is 1. The maximum absolute atomic E-state index is 11.1. The lowest BCUT2D eigenvalue weighted by molar-refractivity contribution is 0.0342. The molecule has 1 saturated heterocycles. The van der Waals surface area contributed by atoms with Gasteiger partial charge in [0, 0.05) is 12.8 Å². The van der Waals surface area contributed by atoms with Gasteiger partial charge in [-0.15, -0.1) is 0 Å². The SMILES string of the molecule is N#C[C@H]1CCOCC1n1cc(C(N)=O)c(N)n1. The van der Waals surface area contributed by atoms with E-state index in [0.717, 1.165) is 0 Å². The summed E-state index contributed by atoms with van der Waals surface area (Å²) >= 11 is 0. The third-order valence-electron chi connectivity index (χ3n) is 2.86. The van der Waals surface area contributed by atoms with E-state index in [9.17, 15) is 4.79 Å². The van der Waals surface area contributed by atoms with Crippen LogP contribution in [0.2, 0.25) is 0 Å². The molecule has 17 heavy (non-hydrogen) atoms. The molecule has 1 aliphatic heterocycles. The molecule has 1 aromatic heterocycles. The minimum Gasteiger partial charge on any atom is -0.382 e. The van der Waals surface area contributed by atoms with E-state index in [1.165, 1.54) is 10.9 Å². The van der Waals surface area contributed by atoms with E-state index in [2.05, 4.69) is 11.2 Å². The van der Waals surface area contributed by atoms with Gasteiger partial charge >= 0.3 is 0 Å². The summed E-state index contributed by atoms with van der Waals surface area (Å²) in [7, 11) is 0. The first-order valence-electron chi connectivity index (χ1n) is 5.25. The Bertz CT molecular complexity index is 476. The van der Waals surface area contributed by atoms with Crippen molar-refractivity contribution in [1.29, 1.82) is 5.26 Å². The number of nitrogens with zero attached hydrogens (tertiary/aromatic N) is 3. The number of hydrogen-bond acceptors (Lipinski definition) is 5. The number of aromatic nitrogens is 2. The van der Waals surface area contributed by atoms with E-state index >= 15 is 0 Å². The molecule has 4 N–H and O–H groups in total. The first kappa shape index (κ1) is 11.4. The van der Waals surface area contributed by atoms with Gasteiger partial charge in [-0.2, -0.15) is 10.4 Å². The number of anilines is 1. The van der Waals surface area contributed by atoms with Gasteiger partial charge in [0.25, 0.3) is 5.91 Å². The van der Waals surface area contributed by atoms with Gasteiger partial charge in [0.05, 0.1) is 24.6 Å². The standard InChI is InChI=1S/C10H13N5O2/c11-3-6-1-2-17-5-8(6)15-4-7(10(13)16)9(12)14-15/h4,6,8H,1-2,5H2,(H2,12,14)(H2,13,16)/t6-,8?/m1/s1. The summed E-state index contributed by atoms with van der Waals surface area (Å²) in [6, 6.07) is 1.99. The highest BCUT2D eigenvalue weighted by Gasteiger charge is 2.29. The van der Waals surface area contributed by atoms with Crippen LogP contribution < -0.4 is 11.5 Å². The molecule has 2 atom stereocenters. The van der Waals surface area contributed by atoms with Crippen molar-refractivity contribution < 1.29 is 9.53 Å². The van der Waals surface area contributed by atoms with Crippen LogP contribution in [0.4, 0.5) is 5.82 Å². The monoisotopic (exact) mass is 235 g/mol. The smallest absolute Gasteiger partial charge is 0.254 e. The zero-order chi connectivity index (χ0) is 12.4. The number of carbonyl (C=O) groups excluding carboxylic acids is 1. The molecule has 1 unspecified atom stereocenters. The van der Waals surface area contributed by atoms with Gasteiger partial charge in [-0.05, 0) is 6.42 Å². The van der Waals surface area contributed by atoms with Crippen LogP contribution in [-0.4, -0.2) is 28.9 Å².